The molecule has 1 aliphatic heterocycles. The van der Waals surface area contributed by atoms with Gasteiger partial charge in [-0.2, -0.15) is 0 Å². The van der Waals surface area contributed by atoms with Gasteiger partial charge in [-0.3, -0.25) is 0 Å². The molecule has 1 saturated heterocycles. The molecule has 2 aromatic carbocycles. The smallest absolute Gasteiger partial charge is 0.211 e. The Morgan fingerprint density at radius 2 is 1.85 bits per heavy atom. The first-order valence-corrected chi connectivity index (χ1v) is 12.8. The molecule has 3 aromatic rings. The van der Waals surface area contributed by atoms with Gasteiger partial charge in [-0.1, -0.05) is 24.3 Å². The summed E-state index contributed by atoms with van der Waals surface area (Å²) in [6.07, 6.45) is 4.88. The first kappa shape index (κ1) is 23.4. The quantitative estimate of drug-likeness (QED) is 0.536. The minimum Gasteiger partial charge on any atom is -0.337 e. The third-order valence-corrected chi connectivity index (χ3v) is 7.54. The lowest BCUT2D eigenvalue weighted by molar-refractivity contribution is 0.508. The molecule has 4 rings (SSSR count). The van der Waals surface area contributed by atoms with Crippen molar-refractivity contribution in [3.05, 3.63) is 72.1 Å². The molecular weight excluding hydrogens is 446 g/mol. The van der Waals surface area contributed by atoms with Crippen LogP contribution in [-0.4, -0.2) is 42.4 Å². The maximum absolute atomic E-state index is 13.7. The number of hydrogen-bond acceptors (Lipinski definition) is 4. The van der Waals surface area contributed by atoms with E-state index in [1.54, 1.807) is 13.1 Å². The third kappa shape index (κ3) is 5.25. The molecule has 2 atom stereocenters. The van der Waals surface area contributed by atoms with E-state index in [-0.39, 0.29) is 17.8 Å². The van der Waals surface area contributed by atoms with Crippen LogP contribution in [0.1, 0.15) is 25.8 Å². The molecule has 0 spiro atoms. The summed E-state index contributed by atoms with van der Waals surface area (Å²) < 4.78 is 57.1. The monoisotopic (exact) mass is 474 g/mol. The van der Waals surface area contributed by atoms with E-state index in [0.29, 0.717) is 30.5 Å². The molecule has 33 heavy (non-hydrogen) atoms. The Morgan fingerprint density at radius 1 is 1.09 bits per heavy atom. The molecule has 0 bridgehead atoms. The second-order valence-corrected chi connectivity index (χ2v) is 10.3. The van der Waals surface area contributed by atoms with Gasteiger partial charge in [-0.15, -0.1) is 0 Å². The van der Waals surface area contributed by atoms with Crippen LogP contribution in [0.15, 0.2) is 54.9 Å². The highest BCUT2D eigenvalue weighted by Crippen LogP contribution is 2.29. The summed E-state index contributed by atoms with van der Waals surface area (Å²) in [5.74, 6) is -0.430. The fourth-order valence-electron chi connectivity index (χ4n) is 4.45. The van der Waals surface area contributed by atoms with Crippen LogP contribution in [0, 0.1) is 11.6 Å². The zero-order chi connectivity index (χ0) is 23.6. The summed E-state index contributed by atoms with van der Waals surface area (Å²) in [4.78, 5) is 6.68. The highest BCUT2D eigenvalue weighted by atomic mass is 32.2. The number of hydrogen-bond donors (Lipinski definition) is 1. The zero-order valence-corrected chi connectivity index (χ0v) is 19.5. The van der Waals surface area contributed by atoms with Crippen molar-refractivity contribution in [3.63, 3.8) is 0 Å². The largest absolute Gasteiger partial charge is 0.337 e. The number of halogens is 2. The molecule has 0 radical (unpaired) electrons. The van der Waals surface area contributed by atoms with Crippen molar-refractivity contribution in [2.24, 2.45) is 0 Å². The number of anilines is 1. The molecule has 1 fully saturated rings. The van der Waals surface area contributed by atoms with Crippen molar-refractivity contribution in [2.75, 3.05) is 17.2 Å². The maximum Gasteiger partial charge on any atom is 0.211 e. The summed E-state index contributed by atoms with van der Waals surface area (Å²) >= 11 is 0. The van der Waals surface area contributed by atoms with Crippen LogP contribution in [0.5, 0.6) is 0 Å². The Kier molecular flexibility index (Phi) is 6.81. The molecular formula is C24H28F2N4O2S. The standard InChI is InChI=1S/C24H28F2N4O2S/c1-3-29-11-9-27-24(29)30-10-8-22(28-33(31,32)4-2)23(30)13-17-6-5-7-18(12-17)19-14-20(25)16-21(26)15-19/h5-7,9,11-12,14-16,22-23,28H,3-4,8,10,13H2,1-2H3/t22-,23?/m0/s1. The van der Waals surface area contributed by atoms with Gasteiger partial charge in [0.2, 0.25) is 16.0 Å². The second kappa shape index (κ2) is 9.61. The number of benzene rings is 2. The van der Waals surface area contributed by atoms with Crippen molar-refractivity contribution in [1.82, 2.24) is 14.3 Å². The first-order valence-electron chi connectivity index (χ1n) is 11.1. The van der Waals surface area contributed by atoms with E-state index in [9.17, 15) is 17.2 Å². The number of nitrogens with zero attached hydrogens (tertiary/aromatic N) is 3. The van der Waals surface area contributed by atoms with E-state index in [0.717, 1.165) is 24.1 Å². The van der Waals surface area contributed by atoms with Crippen LogP contribution in [0.25, 0.3) is 11.1 Å². The Hall–Kier alpha value is -2.78. The Labute approximate surface area is 193 Å². The van der Waals surface area contributed by atoms with Crippen molar-refractivity contribution >= 4 is 16.0 Å². The van der Waals surface area contributed by atoms with Crippen LogP contribution < -0.4 is 9.62 Å². The van der Waals surface area contributed by atoms with Gasteiger partial charge in [-0.25, -0.2) is 26.9 Å². The van der Waals surface area contributed by atoms with Gasteiger partial charge < -0.3 is 9.47 Å². The lowest BCUT2D eigenvalue weighted by Gasteiger charge is -2.30. The van der Waals surface area contributed by atoms with Crippen molar-refractivity contribution in [2.45, 2.75) is 45.3 Å². The normalized spacial score (nSPS) is 18.7. The lowest BCUT2D eigenvalue weighted by Crippen LogP contribution is -2.47. The number of sulfonamides is 1. The molecule has 176 valence electrons. The average molecular weight is 475 g/mol. The molecule has 6 nitrogen and oxygen atoms in total. The number of nitrogens with one attached hydrogen (secondary N) is 1. The van der Waals surface area contributed by atoms with E-state index < -0.39 is 21.7 Å². The molecule has 1 unspecified atom stereocenters. The topological polar surface area (TPSA) is 67.2 Å². The van der Waals surface area contributed by atoms with E-state index in [1.807, 2.05) is 42.0 Å². The Bertz CT molecular complexity index is 1210. The second-order valence-electron chi connectivity index (χ2n) is 8.25. The van der Waals surface area contributed by atoms with Crippen LogP contribution in [-0.2, 0) is 23.0 Å². The van der Waals surface area contributed by atoms with Crippen molar-refractivity contribution < 1.29 is 17.2 Å². The third-order valence-electron chi connectivity index (χ3n) is 6.12. The summed E-state index contributed by atoms with van der Waals surface area (Å²) in [5, 5.41) is 0. The summed E-state index contributed by atoms with van der Waals surface area (Å²) in [6, 6.07) is 10.6. The van der Waals surface area contributed by atoms with Crippen LogP contribution in [0.4, 0.5) is 14.7 Å². The average Bonchev–Trinajstić information content (AvgIpc) is 3.40. The predicted molar refractivity (Wildman–Crippen MR) is 126 cm³/mol. The Balaban J connectivity index is 1.67. The Morgan fingerprint density at radius 3 is 2.55 bits per heavy atom. The lowest BCUT2D eigenvalue weighted by atomic mass is 9.97. The van der Waals surface area contributed by atoms with Crippen molar-refractivity contribution in [1.29, 1.82) is 0 Å². The minimum atomic E-state index is -3.38. The molecule has 0 aliphatic carbocycles. The summed E-state index contributed by atoms with van der Waals surface area (Å²) in [5.41, 5.74) is 2.11. The van der Waals surface area contributed by atoms with Crippen LogP contribution in [0.2, 0.25) is 0 Å². The van der Waals surface area contributed by atoms with E-state index in [1.165, 1.54) is 12.1 Å². The molecule has 9 heteroatoms. The van der Waals surface area contributed by atoms with Gasteiger partial charge in [0.05, 0.1) is 11.8 Å². The van der Waals surface area contributed by atoms with Crippen molar-refractivity contribution in [3.8, 4) is 11.1 Å². The molecule has 0 saturated carbocycles. The van der Waals surface area contributed by atoms with Gasteiger partial charge in [0.25, 0.3) is 0 Å². The van der Waals surface area contributed by atoms with Gasteiger partial charge in [0.1, 0.15) is 11.6 Å². The SMILES string of the molecule is CCn1ccnc1N1CC[C@H](NS(=O)(=O)CC)C1Cc1cccc(-c2cc(F)cc(F)c2)c1. The number of aryl methyl sites for hydroxylation is 1. The number of aromatic nitrogens is 2. The van der Waals surface area contributed by atoms with Gasteiger partial charge in [0, 0.05) is 37.6 Å². The highest BCUT2D eigenvalue weighted by Gasteiger charge is 2.38. The molecule has 1 N–H and O–H groups in total. The molecule has 1 aromatic heterocycles. The number of imidazole rings is 1. The first-order chi connectivity index (χ1) is 15.8. The fraction of sp³-hybridized carbons (Fsp3) is 0.375. The minimum absolute atomic E-state index is 0.0143. The molecule has 1 aliphatic rings. The zero-order valence-electron chi connectivity index (χ0n) is 18.7. The summed E-state index contributed by atoms with van der Waals surface area (Å²) in [6.45, 7) is 5.09. The fourth-order valence-corrected chi connectivity index (χ4v) is 5.36. The maximum atomic E-state index is 13.7. The predicted octanol–water partition coefficient (Wildman–Crippen LogP) is 3.98. The van der Waals surface area contributed by atoms with Gasteiger partial charge in [0.15, 0.2) is 0 Å². The van der Waals surface area contributed by atoms with Crippen LogP contribution in [0.3, 0.4) is 0 Å². The van der Waals surface area contributed by atoms with E-state index >= 15 is 0 Å². The van der Waals surface area contributed by atoms with Crippen LogP contribution >= 0.6 is 0 Å². The molecule has 0 amide bonds. The number of rotatable bonds is 8. The van der Waals surface area contributed by atoms with Gasteiger partial charge in [-0.05, 0) is 55.5 Å². The summed E-state index contributed by atoms with van der Waals surface area (Å²) in [7, 11) is -3.38. The van der Waals surface area contributed by atoms with Gasteiger partial charge >= 0.3 is 0 Å². The highest BCUT2D eigenvalue weighted by molar-refractivity contribution is 7.89. The van der Waals surface area contributed by atoms with E-state index in [4.69, 9.17) is 0 Å². The van der Waals surface area contributed by atoms with E-state index in [2.05, 4.69) is 14.6 Å². The molecule has 2 heterocycles.